The Bertz CT molecular complexity index is 1260. The molecule has 2 aromatic carbocycles. The van der Waals surface area contributed by atoms with Gasteiger partial charge in [-0.25, -0.2) is 0 Å². The molecule has 2 aliphatic rings. The minimum Gasteiger partial charge on any atom is -0.394 e. The third kappa shape index (κ3) is 4.24. The molecule has 1 fully saturated rings. The zero-order valence-electron chi connectivity index (χ0n) is 21.0. The van der Waals surface area contributed by atoms with Gasteiger partial charge in [0.2, 0.25) is 5.91 Å². The lowest BCUT2D eigenvalue weighted by Gasteiger charge is -2.44. The number of carbonyl (C=O) groups is 2. The first-order valence-corrected chi connectivity index (χ1v) is 12.4. The van der Waals surface area contributed by atoms with E-state index in [1.165, 1.54) is 0 Å². The Hall–Kier alpha value is -3.71. The van der Waals surface area contributed by atoms with Crippen molar-refractivity contribution in [3.63, 3.8) is 0 Å². The van der Waals surface area contributed by atoms with Crippen LogP contribution in [0, 0.1) is 5.92 Å². The van der Waals surface area contributed by atoms with Crippen LogP contribution in [0.2, 0.25) is 0 Å². The molecule has 0 unspecified atom stereocenters. The number of aliphatic hydroxyl groups is 1. The number of anilines is 1. The third-order valence-electron chi connectivity index (χ3n) is 7.60. The highest BCUT2D eigenvalue weighted by atomic mass is 16.3. The van der Waals surface area contributed by atoms with Gasteiger partial charge in [-0.05, 0) is 59.5 Å². The number of fused-ring (bicyclic) bond motifs is 3. The molecule has 0 saturated carbocycles. The molecule has 2 amide bonds. The molecular weight excluding hydrogens is 452 g/mol. The first-order valence-electron chi connectivity index (χ1n) is 12.4. The van der Waals surface area contributed by atoms with Crippen LogP contribution < -0.4 is 4.90 Å². The fourth-order valence-electron chi connectivity index (χ4n) is 5.74. The zero-order valence-corrected chi connectivity index (χ0v) is 21.0. The molecule has 1 aromatic heterocycles. The molecule has 7 heteroatoms. The van der Waals surface area contributed by atoms with E-state index in [1.807, 2.05) is 54.4 Å². The molecule has 0 radical (unpaired) electrons. The Morgan fingerprint density at radius 1 is 1.06 bits per heavy atom. The highest BCUT2D eigenvalue weighted by Crippen LogP contribution is 2.49. The molecule has 7 nitrogen and oxygen atoms in total. The summed E-state index contributed by atoms with van der Waals surface area (Å²) in [4.78, 5) is 35.8. The number of aromatic nitrogens is 1. The number of carbonyl (C=O) groups excluding carboxylic acids is 2. The number of likely N-dealkylation sites (tertiary alicyclic amines) is 1. The normalized spacial score (nSPS) is 20.6. The van der Waals surface area contributed by atoms with E-state index in [4.69, 9.17) is 0 Å². The number of pyridine rings is 1. The average Bonchev–Trinajstić information content (AvgIpc) is 3.34. The van der Waals surface area contributed by atoms with E-state index in [2.05, 4.69) is 28.1 Å². The van der Waals surface area contributed by atoms with Crippen molar-refractivity contribution < 1.29 is 14.7 Å². The summed E-state index contributed by atoms with van der Waals surface area (Å²) in [5.41, 5.74) is 5.60. The van der Waals surface area contributed by atoms with Gasteiger partial charge in [0.1, 0.15) is 0 Å². The number of likely N-dealkylation sites (N-methyl/N-ethyl adjacent to an activating group) is 1. The number of hydrogen-bond donors (Lipinski definition) is 1. The Kier molecular flexibility index (Phi) is 6.49. The van der Waals surface area contributed by atoms with Crippen molar-refractivity contribution in [1.82, 2.24) is 14.8 Å². The van der Waals surface area contributed by atoms with Crippen LogP contribution in [0.4, 0.5) is 5.69 Å². The van der Waals surface area contributed by atoms with Crippen molar-refractivity contribution >= 4 is 17.5 Å². The summed E-state index contributed by atoms with van der Waals surface area (Å²) in [5.74, 6) is 0.181. The minimum atomic E-state index is -0.0981. The number of benzene rings is 2. The van der Waals surface area contributed by atoms with E-state index in [-0.39, 0.29) is 42.8 Å². The van der Waals surface area contributed by atoms with Crippen LogP contribution in [-0.2, 0) is 11.2 Å². The summed E-state index contributed by atoms with van der Waals surface area (Å²) in [6.45, 7) is 0.707. The highest BCUT2D eigenvalue weighted by molar-refractivity contribution is 5.94. The second kappa shape index (κ2) is 9.74. The summed E-state index contributed by atoms with van der Waals surface area (Å²) >= 11 is 0. The van der Waals surface area contributed by atoms with E-state index in [1.54, 1.807) is 25.2 Å². The molecule has 0 aliphatic carbocycles. The van der Waals surface area contributed by atoms with E-state index in [0.717, 1.165) is 34.5 Å². The predicted octanol–water partition coefficient (Wildman–Crippen LogP) is 3.39. The maximum atomic E-state index is 13.4. The van der Waals surface area contributed by atoms with Gasteiger partial charge in [-0.3, -0.25) is 14.6 Å². The van der Waals surface area contributed by atoms with Crippen LogP contribution in [0.5, 0.6) is 0 Å². The van der Waals surface area contributed by atoms with Crippen molar-refractivity contribution in [2.45, 2.75) is 24.9 Å². The van der Waals surface area contributed by atoms with Crippen molar-refractivity contribution in [3.8, 4) is 11.1 Å². The number of amides is 2. The first-order chi connectivity index (χ1) is 17.4. The molecule has 0 spiro atoms. The smallest absolute Gasteiger partial charge is 0.253 e. The molecule has 186 valence electrons. The average molecular weight is 485 g/mol. The first kappa shape index (κ1) is 24.0. The summed E-state index contributed by atoms with van der Waals surface area (Å²) in [6, 6.07) is 19.5. The molecule has 1 saturated heterocycles. The van der Waals surface area contributed by atoms with E-state index in [0.29, 0.717) is 12.1 Å². The summed E-state index contributed by atoms with van der Waals surface area (Å²) < 4.78 is 0. The van der Waals surface area contributed by atoms with E-state index in [9.17, 15) is 14.7 Å². The fraction of sp³-hybridized carbons (Fsp3) is 0.345. The van der Waals surface area contributed by atoms with E-state index < -0.39 is 0 Å². The molecule has 1 N–H and O–H groups in total. The van der Waals surface area contributed by atoms with Gasteiger partial charge >= 0.3 is 0 Å². The standard InChI is InChI=1S/C29H32N4O3/c1-31(2)29(36)20-9-7-19(8-10-20)21-11-12-25-24(16-21)28-23(26(18-34)32(25)3)13-15-33(28)27(35)17-22-6-4-5-14-30-22/h4-12,14,16,23,26,28,34H,13,15,17-18H2,1-3H3/t23-,26+,28-/m1/s1. The van der Waals surface area contributed by atoms with Crippen LogP contribution in [-0.4, -0.2) is 72.0 Å². The van der Waals surface area contributed by atoms with Crippen LogP contribution in [0.1, 0.15) is 34.1 Å². The van der Waals surface area contributed by atoms with Gasteiger partial charge in [-0.1, -0.05) is 24.3 Å². The van der Waals surface area contributed by atoms with Gasteiger partial charge in [-0.2, -0.15) is 0 Å². The molecular formula is C29H32N4O3. The van der Waals surface area contributed by atoms with Gasteiger partial charge in [0.25, 0.3) is 5.91 Å². The quantitative estimate of drug-likeness (QED) is 0.601. The van der Waals surface area contributed by atoms with Gasteiger partial charge in [0, 0.05) is 56.7 Å². The van der Waals surface area contributed by atoms with Crippen LogP contribution in [0.25, 0.3) is 11.1 Å². The van der Waals surface area contributed by atoms with Gasteiger partial charge < -0.3 is 19.8 Å². The number of nitrogens with zero attached hydrogens (tertiary/aromatic N) is 4. The molecule has 5 rings (SSSR count). The second-order valence-corrected chi connectivity index (χ2v) is 9.89. The Balaban J connectivity index is 1.50. The lowest BCUT2D eigenvalue weighted by Crippen LogP contribution is -2.48. The maximum absolute atomic E-state index is 13.4. The highest BCUT2D eigenvalue weighted by Gasteiger charge is 2.47. The van der Waals surface area contributed by atoms with Crippen molar-refractivity contribution in [2.24, 2.45) is 5.92 Å². The molecule has 3 heterocycles. The summed E-state index contributed by atoms with van der Waals surface area (Å²) in [6.07, 6.45) is 2.82. The summed E-state index contributed by atoms with van der Waals surface area (Å²) in [5, 5.41) is 10.3. The van der Waals surface area contributed by atoms with Crippen molar-refractivity contribution in [3.05, 3.63) is 83.7 Å². The van der Waals surface area contributed by atoms with Gasteiger partial charge in [0.15, 0.2) is 0 Å². The lowest BCUT2D eigenvalue weighted by atomic mass is 9.81. The monoisotopic (exact) mass is 484 g/mol. The number of rotatable bonds is 5. The van der Waals surface area contributed by atoms with Crippen molar-refractivity contribution in [2.75, 3.05) is 39.2 Å². The summed E-state index contributed by atoms with van der Waals surface area (Å²) in [7, 11) is 5.51. The third-order valence-corrected chi connectivity index (χ3v) is 7.60. The number of hydrogen-bond acceptors (Lipinski definition) is 5. The molecule has 3 atom stereocenters. The fourth-order valence-corrected chi connectivity index (χ4v) is 5.74. The number of aliphatic hydroxyl groups excluding tert-OH is 1. The van der Waals surface area contributed by atoms with Gasteiger partial charge in [0.05, 0.1) is 25.1 Å². The van der Waals surface area contributed by atoms with Crippen LogP contribution in [0.15, 0.2) is 66.9 Å². The molecule has 2 aliphatic heterocycles. The van der Waals surface area contributed by atoms with E-state index >= 15 is 0 Å². The van der Waals surface area contributed by atoms with Gasteiger partial charge in [-0.15, -0.1) is 0 Å². The predicted molar refractivity (Wildman–Crippen MR) is 140 cm³/mol. The molecule has 3 aromatic rings. The maximum Gasteiger partial charge on any atom is 0.253 e. The Morgan fingerprint density at radius 3 is 2.47 bits per heavy atom. The zero-order chi connectivity index (χ0) is 25.4. The Morgan fingerprint density at radius 2 is 1.81 bits per heavy atom. The minimum absolute atomic E-state index is 0.0282. The molecule has 36 heavy (non-hydrogen) atoms. The largest absolute Gasteiger partial charge is 0.394 e. The molecule has 0 bridgehead atoms. The van der Waals surface area contributed by atoms with Crippen LogP contribution in [0.3, 0.4) is 0 Å². The Labute approximate surface area is 212 Å². The SMILES string of the molecule is CN(C)C(=O)c1ccc(-c2ccc3c(c2)[C@H]2[C@H](CCN2C(=O)Cc2ccccn2)[C@H](CO)N3C)cc1. The van der Waals surface area contributed by atoms with Crippen LogP contribution >= 0.6 is 0 Å². The van der Waals surface area contributed by atoms with Crippen molar-refractivity contribution in [1.29, 1.82) is 0 Å². The second-order valence-electron chi connectivity index (χ2n) is 9.89. The lowest BCUT2D eigenvalue weighted by molar-refractivity contribution is -0.132. The topological polar surface area (TPSA) is 77.0 Å².